The molecule has 1 heterocycles. The van der Waals surface area contributed by atoms with Crippen molar-refractivity contribution in [3.05, 3.63) is 64.5 Å². The Balaban J connectivity index is 2.32. The molecule has 3 rings (SSSR count). The maximum Gasteiger partial charge on any atom is 0.266 e. The number of hydrogen-bond acceptors (Lipinski definition) is 3. The first kappa shape index (κ1) is 15.7. The second-order valence-electron chi connectivity index (χ2n) is 5.00. The number of benzene rings is 2. The quantitative estimate of drug-likeness (QED) is 0.531. The molecule has 3 nitrogen and oxygen atoms in total. The van der Waals surface area contributed by atoms with Crippen molar-refractivity contribution in [3.8, 4) is 5.69 Å². The summed E-state index contributed by atoms with van der Waals surface area (Å²) in [5.74, 6) is -0.730. The number of hydrogen-bond donors (Lipinski definition) is 0. The third kappa shape index (κ3) is 2.99. The van der Waals surface area contributed by atoms with Crippen molar-refractivity contribution in [2.45, 2.75) is 18.5 Å². The summed E-state index contributed by atoms with van der Waals surface area (Å²) in [6, 6.07) is 10.1. The molecule has 0 N–H and O–H groups in total. The highest BCUT2D eigenvalue weighted by Crippen LogP contribution is 2.23. The van der Waals surface area contributed by atoms with E-state index in [1.807, 2.05) is 6.92 Å². The van der Waals surface area contributed by atoms with Crippen LogP contribution in [0.2, 0.25) is 0 Å². The number of halogens is 2. The first-order valence-corrected chi connectivity index (χ1v) is 8.20. The van der Waals surface area contributed by atoms with Crippen LogP contribution in [0.25, 0.3) is 16.6 Å². The average Bonchev–Trinajstić information content (AvgIpc) is 2.54. The molecule has 23 heavy (non-hydrogen) atoms. The van der Waals surface area contributed by atoms with E-state index in [0.29, 0.717) is 16.1 Å². The molecule has 0 bridgehead atoms. The van der Waals surface area contributed by atoms with Gasteiger partial charge in [0.25, 0.3) is 5.56 Å². The highest BCUT2D eigenvalue weighted by molar-refractivity contribution is 7.99. The monoisotopic (exact) mass is 332 g/mol. The maximum absolute atomic E-state index is 14.2. The molecular formula is C17H14F2N2OS. The maximum atomic E-state index is 14.2. The van der Waals surface area contributed by atoms with Crippen molar-refractivity contribution >= 4 is 22.7 Å². The molecule has 2 aromatic carbocycles. The summed E-state index contributed by atoms with van der Waals surface area (Å²) in [6.45, 7) is 2.01. The van der Waals surface area contributed by atoms with Crippen molar-refractivity contribution in [3.63, 3.8) is 0 Å². The number of thioether (sulfide) groups is 1. The lowest BCUT2D eigenvalue weighted by molar-refractivity contribution is 0.572. The van der Waals surface area contributed by atoms with Crippen LogP contribution >= 0.6 is 11.8 Å². The van der Waals surface area contributed by atoms with Crippen LogP contribution in [-0.2, 0) is 0 Å². The summed E-state index contributed by atoms with van der Waals surface area (Å²) >= 11 is 1.38. The van der Waals surface area contributed by atoms with Crippen LogP contribution in [0.15, 0.2) is 52.4 Å². The average molecular weight is 332 g/mol. The number of para-hydroxylation sites is 1. The summed E-state index contributed by atoms with van der Waals surface area (Å²) in [6.07, 6.45) is 0.888. The summed E-state index contributed by atoms with van der Waals surface area (Å²) in [5.41, 5.74) is 0.211. The van der Waals surface area contributed by atoms with Gasteiger partial charge in [0.05, 0.1) is 16.6 Å². The van der Waals surface area contributed by atoms with Gasteiger partial charge in [0, 0.05) is 11.8 Å². The number of aromatic nitrogens is 2. The number of fused-ring (bicyclic) bond motifs is 1. The topological polar surface area (TPSA) is 34.9 Å². The van der Waals surface area contributed by atoms with Gasteiger partial charge in [0.1, 0.15) is 11.6 Å². The molecule has 0 spiro atoms. The summed E-state index contributed by atoms with van der Waals surface area (Å²) in [7, 11) is 0. The molecule has 0 aliphatic carbocycles. The van der Waals surface area contributed by atoms with E-state index in [1.54, 1.807) is 24.3 Å². The SMILES string of the molecule is CCCSc1nc2ccccc2c(=O)n1-c1ccc(F)cc1F. The largest absolute Gasteiger partial charge is 0.268 e. The molecule has 1 aromatic heterocycles. The van der Waals surface area contributed by atoms with Gasteiger partial charge >= 0.3 is 0 Å². The van der Waals surface area contributed by atoms with E-state index in [-0.39, 0.29) is 11.2 Å². The Kier molecular flexibility index (Phi) is 4.43. The second kappa shape index (κ2) is 6.50. The predicted molar refractivity (Wildman–Crippen MR) is 88.3 cm³/mol. The molecular weight excluding hydrogens is 318 g/mol. The normalized spacial score (nSPS) is 11.1. The standard InChI is InChI=1S/C17H14F2N2OS/c1-2-9-23-17-20-14-6-4-3-5-12(14)16(22)21(17)15-8-7-11(18)10-13(15)19/h3-8,10H,2,9H2,1H3. The molecule has 0 unspecified atom stereocenters. The summed E-state index contributed by atoms with van der Waals surface area (Å²) in [4.78, 5) is 17.3. The van der Waals surface area contributed by atoms with Gasteiger partial charge in [0.15, 0.2) is 5.16 Å². The molecule has 0 amide bonds. The van der Waals surface area contributed by atoms with Crippen LogP contribution in [0.3, 0.4) is 0 Å². The Hall–Kier alpha value is -2.21. The first-order valence-electron chi connectivity index (χ1n) is 7.22. The minimum atomic E-state index is -0.789. The van der Waals surface area contributed by atoms with Gasteiger partial charge in [0.2, 0.25) is 0 Å². The molecule has 0 atom stereocenters. The lowest BCUT2D eigenvalue weighted by atomic mass is 10.2. The fraction of sp³-hybridized carbons (Fsp3) is 0.176. The van der Waals surface area contributed by atoms with Gasteiger partial charge in [-0.2, -0.15) is 0 Å². The van der Waals surface area contributed by atoms with Gasteiger partial charge in [-0.05, 0) is 30.7 Å². The molecule has 6 heteroatoms. The van der Waals surface area contributed by atoms with Crippen molar-refractivity contribution in [2.24, 2.45) is 0 Å². The smallest absolute Gasteiger partial charge is 0.266 e. The Bertz CT molecular complexity index is 924. The lowest BCUT2D eigenvalue weighted by Gasteiger charge is -2.13. The zero-order valence-electron chi connectivity index (χ0n) is 12.4. The van der Waals surface area contributed by atoms with Crippen molar-refractivity contribution in [1.82, 2.24) is 9.55 Å². The van der Waals surface area contributed by atoms with Gasteiger partial charge in [-0.15, -0.1) is 0 Å². The van der Waals surface area contributed by atoms with Crippen molar-refractivity contribution in [2.75, 3.05) is 5.75 Å². The molecule has 0 saturated carbocycles. The zero-order chi connectivity index (χ0) is 16.4. The Labute approximate surface area is 136 Å². The molecule has 0 aliphatic rings. The number of nitrogens with zero attached hydrogens (tertiary/aromatic N) is 2. The van der Waals surface area contributed by atoms with Crippen LogP contribution in [0, 0.1) is 11.6 Å². The third-order valence-electron chi connectivity index (χ3n) is 3.33. The van der Waals surface area contributed by atoms with Crippen LogP contribution in [0.4, 0.5) is 8.78 Å². The Morgan fingerprint density at radius 1 is 1.17 bits per heavy atom. The minimum Gasteiger partial charge on any atom is -0.268 e. The molecule has 0 radical (unpaired) electrons. The molecule has 0 aliphatic heterocycles. The second-order valence-corrected chi connectivity index (χ2v) is 6.06. The third-order valence-corrected chi connectivity index (χ3v) is 4.48. The summed E-state index contributed by atoms with van der Waals surface area (Å²) < 4.78 is 28.6. The van der Waals surface area contributed by atoms with Crippen LogP contribution in [0.5, 0.6) is 0 Å². The molecule has 3 aromatic rings. The highest BCUT2D eigenvalue weighted by Gasteiger charge is 2.16. The van der Waals surface area contributed by atoms with Crippen LogP contribution in [-0.4, -0.2) is 15.3 Å². The van der Waals surface area contributed by atoms with Gasteiger partial charge in [-0.25, -0.2) is 13.8 Å². The fourth-order valence-electron chi connectivity index (χ4n) is 2.28. The van der Waals surface area contributed by atoms with E-state index in [9.17, 15) is 13.6 Å². The van der Waals surface area contributed by atoms with Gasteiger partial charge in [-0.1, -0.05) is 30.8 Å². The van der Waals surface area contributed by atoms with E-state index in [0.717, 1.165) is 24.3 Å². The van der Waals surface area contributed by atoms with Crippen molar-refractivity contribution in [1.29, 1.82) is 0 Å². The predicted octanol–water partition coefficient (Wildman–Crippen LogP) is 4.17. The van der Waals surface area contributed by atoms with E-state index < -0.39 is 11.6 Å². The molecule has 0 fully saturated rings. The lowest BCUT2D eigenvalue weighted by Crippen LogP contribution is -2.22. The molecule has 118 valence electrons. The minimum absolute atomic E-state index is 0.00764. The van der Waals surface area contributed by atoms with E-state index in [2.05, 4.69) is 4.98 Å². The van der Waals surface area contributed by atoms with E-state index in [1.165, 1.54) is 22.4 Å². The van der Waals surface area contributed by atoms with Crippen LogP contribution < -0.4 is 5.56 Å². The van der Waals surface area contributed by atoms with Crippen LogP contribution in [0.1, 0.15) is 13.3 Å². The van der Waals surface area contributed by atoms with Gasteiger partial charge in [-0.3, -0.25) is 9.36 Å². The zero-order valence-corrected chi connectivity index (χ0v) is 13.2. The Morgan fingerprint density at radius 3 is 2.70 bits per heavy atom. The fourth-order valence-corrected chi connectivity index (χ4v) is 3.14. The van der Waals surface area contributed by atoms with E-state index in [4.69, 9.17) is 0 Å². The highest BCUT2D eigenvalue weighted by atomic mass is 32.2. The van der Waals surface area contributed by atoms with Crippen molar-refractivity contribution < 1.29 is 8.78 Å². The van der Waals surface area contributed by atoms with E-state index >= 15 is 0 Å². The molecule has 0 saturated heterocycles. The van der Waals surface area contributed by atoms with Gasteiger partial charge < -0.3 is 0 Å². The summed E-state index contributed by atoms with van der Waals surface area (Å²) in [5, 5.41) is 0.804. The Morgan fingerprint density at radius 2 is 1.96 bits per heavy atom. The first-order chi connectivity index (χ1) is 11.1. The number of rotatable bonds is 4.